The van der Waals surface area contributed by atoms with Crippen LogP contribution >= 0.6 is 0 Å². The fraction of sp³-hybridized carbons (Fsp3) is 0.455. The third-order valence-electron chi connectivity index (χ3n) is 2.36. The summed E-state index contributed by atoms with van der Waals surface area (Å²) in [6.45, 7) is 0.882. The smallest absolute Gasteiger partial charge is 0.270 e. The van der Waals surface area contributed by atoms with Crippen LogP contribution < -0.4 is 5.32 Å². The first-order chi connectivity index (χ1) is 8.16. The summed E-state index contributed by atoms with van der Waals surface area (Å²) < 4.78 is 32.9. The van der Waals surface area contributed by atoms with E-state index in [0.29, 0.717) is 19.6 Å². The molecule has 6 heteroatoms. The lowest BCUT2D eigenvalue weighted by molar-refractivity contribution is -0.104. The highest BCUT2D eigenvalue weighted by atomic mass is 32.2. The van der Waals surface area contributed by atoms with E-state index in [9.17, 15) is 8.42 Å². The van der Waals surface area contributed by atoms with E-state index in [1.165, 1.54) is 0 Å². The van der Waals surface area contributed by atoms with Crippen LogP contribution in [0.5, 0.6) is 0 Å². The van der Waals surface area contributed by atoms with Crippen molar-refractivity contribution in [3.63, 3.8) is 0 Å². The molecule has 1 aromatic carbocycles. The molecule has 1 saturated heterocycles. The lowest BCUT2D eigenvalue weighted by Gasteiger charge is -2.15. The number of ether oxygens (including phenoxy) is 1. The van der Waals surface area contributed by atoms with Crippen LogP contribution in [-0.4, -0.2) is 27.1 Å². The van der Waals surface area contributed by atoms with Gasteiger partial charge in [-0.1, -0.05) is 30.3 Å². The van der Waals surface area contributed by atoms with Crippen LogP contribution in [0.1, 0.15) is 12.0 Å². The van der Waals surface area contributed by atoms with Gasteiger partial charge in [0.05, 0.1) is 12.4 Å². The third-order valence-corrected chi connectivity index (χ3v) is 3.62. The fourth-order valence-electron chi connectivity index (χ4n) is 1.52. The molecule has 94 valence electrons. The molecular formula is C11H15NO4S. The maximum atomic E-state index is 11.4. The van der Waals surface area contributed by atoms with Gasteiger partial charge >= 0.3 is 0 Å². The van der Waals surface area contributed by atoms with Crippen molar-refractivity contribution < 1.29 is 17.3 Å². The predicted molar refractivity (Wildman–Crippen MR) is 62.5 cm³/mol. The first kappa shape index (κ1) is 12.5. The molecule has 1 aliphatic rings. The summed E-state index contributed by atoms with van der Waals surface area (Å²) in [7, 11) is -3.46. The van der Waals surface area contributed by atoms with Crippen molar-refractivity contribution in [2.45, 2.75) is 19.4 Å². The Hall–Kier alpha value is -0.950. The molecule has 1 aliphatic heterocycles. The lowest BCUT2D eigenvalue weighted by Crippen LogP contribution is -2.34. The molecule has 0 radical (unpaired) electrons. The topological polar surface area (TPSA) is 64.6 Å². The average Bonchev–Trinajstić information content (AvgIpc) is 2.49. The summed E-state index contributed by atoms with van der Waals surface area (Å²) in [6.07, 6.45) is -0.351. The van der Waals surface area contributed by atoms with E-state index in [1.807, 2.05) is 30.3 Å². The molecule has 1 aromatic rings. The second kappa shape index (κ2) is 5.59. The molecule has 17 heavy (non-hydrogen) atoms. The van der Waals surface area contributed by atoms with Gasteiger partial charge in [0.2, 0.25) is 6.41 Å². The molecule has 5 nitrogen and oxygen atoms in total. The van der Waals surface area contributed by atoms with Crippen molar-refractivity contribution in [2.75, 3.05) is 12.3 Å². The van der Waals surface area contributed by atoms with Crippen molar-refractivity contribution in [3.05, 3.63) is 35.9 Å². The van der Waals surface area contributed by atoms with E-state index >= 15 is 0 Å². The number of nitrogens with one attached hydrogen (secondary N) is 1. The summed E-state index contributed by atoms with van der Waals surface area (Å²) in [6, 6.07) is 9.53. The Balaban J connectivity index is 1.90. The molecule has 0 saturated carbocycles. The van der Waals surface area contributed by atoms with E-state index in [1.54, 1.807) is 0 Å². The van der Waals surface area contributed by atoms with Gasteiger partial charge in [0, 0.05) is 6.54 Å². The molecule has 1 fully saturated rings. The zero-order valence-electron chi connectivity index (χ0n) is 9.33. The zero-order chi connectivity index (χ0) is 12.1. The maximum absolute atomic E-state index is 11.4. The van der Waals surface area contributed by atoms with Gasteiger partial charge in [0.25, 0.3) is 10.1 Å². The largest absolute Gasteiger partial charge is 0.334 e. The SMILES string of the molecule is O=S1(=O)CCCNC(OCc2ccccc2)O1. The van der Waals surface area contributed by atoms with E-state index in [0.717, 1.165) is 5.56 Å². The van der Waals surface area contributed by atoms with E-state index < -0.39 is 16.5 Å². The molecule has 1 heterocycles. The molecule has 1 unspecified atom stereocenters. The van der Waals surface area contributed by atoms with Crippen molar-refractivity contribution in [1.82, 2.24) is 5.32 Å². The lowest BCUT2D eigenvalue weighted by atomic mass is 10.2. The third kappa shape index (κ3) is 4.08. The highest BCUT2D eigenvalue weighted by Crippen LogP contribution is 2.09. The maximum Gasteiger partial charge on any atom is 0.270 e. The Bertz CT molecular complexity index is 446. The Labute approximate surface area is 101 Å². The van der Waals surface area contributed by atoms with Gasteiger partial charge < -0.3 is 4.74 Å². The number of benzene rings is 1. The molecule has 0 amide bonds. The van der Waals surface area contributed by atoms with Gasteiger partial charge in [-0.15, -0.1) is 0 Å². The number of rotatable bonds is 3. The normalized spacial score (nSPS) is 24.1. The fourth-order valence-corrected chi connectivity index (χ4v) is 2.50. The van der Waals surface area contributed by atoms with Gasteiger partial charge in [-0.2, -0.15) is 8.42 Å². The second-order valence-corrected chi connectivity index (χ2v) is 5.51. The molecule has 0 bridgehead atoms. The molecule has 2 rings (SSSR count). The Morgan fingerprint density at radius 3 is 2.88 bits per heavy atom. The number of hydrogen-bond acceptors (Lipinski definition) is 5. The second-order valence-electron chi connectivity index (χ2n) is 3.79. The molecule has 0 aromatic heterocycles. The van der Waals surface area contributed by atoms with Crippen LogP contribution in [-0.2, 0) is 25.6 Å². The predicted octanol–water partition coefficient (Wildman–Crippen LogP) is 0.826. The van der Waals surface area contributed by atoms with Crippen LogP contribution in [0.25, 0.3) is 0 Å². The van der Waals surface area contributed by atoms with Crippen LogP contribution in [0.4, 0.5) is 0 Å². The van der Waals surface area contributed by atoms with E-state index in [2.05, 4.69) is 5.32 Å². The highest BCUT2D eigenvalue weighted by Gasteiger charge is 2.23. The molecule has 1 atom stereocenters. The Morgan fingerprint density at radius 2 is 2.12 bits per heavy atom. The molecular weight excluding hydrogens is 242 g/mol. The number of hydrogen-bond donors (Lipinski definition) is 1. The summed E-state index contributed by atoms with van der Waals surface area (Å²) in [5.41, 5.74) is 0.972. The Morgan fingerprint density at radius 1 is 1.35 bits per heavy atom. The van der Waals surface area contributed by atoms with Gasteiger partial charge in [0.15, 0.2) is 0 Å². The first-order valence-electron chi connectivity index (χ1n) is 5.46. The minimum absolute atomic E-state index is 0.0329. The molecule has 0 spiro atoms. The summed E-state index contributed by atoms with van der Waals surface area (Å²) in [5.74, 6) is 0.0329. The minimum atomic E-state index is -3.46. The average molecular weight is 257 g/mol. The van der Waals surface area contributed by atoms with Crippen LogP contribution in [0, 0.1) is 0 Å². The van der Waals surface area contributed by atoms with Crippen molar-refractivity contribution >= 4 is 10.1 Å². The van der Waals surface area contributed by atoms with Crippen molar-refractivity contribution in [3.8, 4) is 0 Å². The highest BCUT2D eigenvalue weighted by molar-refractivity contribution is 7.86. The van der Waals surface area contributed by atoms with Crippen LogP contribution in [0.2, 0.25) is 0 Å². The summed E-state index contributed by atoms with van der Waals surface area (Å²) in [4.78, 5) is 0. The summed E-state index contributed by atoms with van der Waals surface area (Å²) in [5, 5.41) is 2.88. The monoisotopic (exact) mass is 257 g/mol. The van der Waals surface area contributed by atoms with Gasteiger partial charge in [0.1, 0.15) is 0 Å². The first-order valence-corrected chi connectivity index (χ1v) is 7.03. The molecule has 1 N–H and O–H groups in total. The zero-order valence-corrected chi connectivity index (χ0v) is 10.2. The van der Waals surface area contributed by atoms with E-state index in [-0.39, 0.29) is 5.75 Å². The summed E-state index contributed by atoms with van der Waals surface area (Å²) >= 11 is 0. The van der Waals surface area contributed by atoms with Crippen molar-refractivity contribution in [1.29, 1.82) is 0 Å². The van der Waals surface area contributed by atoms with Gasteiger partial charge in [-0.3, -0.25) is 5.32 Å². The Kier molecular flexibility index (Phi) is 4.11. The standard InChI is InChI=1S/C11H15NO4S/c13-17(14)8-4-7-12-11(16-17)15-9-10-5-2-1-3-6-10/h1-3,5-6,11-12H,4,7-9H2. The van der Waals surface area contributed by atoms with Gasteiger partial charge in [-0.25, -0.2) is 4.18 Å². The van der Waals surface area contributed by atoms with Crippen molar-refractivity contribution in [2.24, 2.45) is 0 Å². The van der Waals surface area contributed by atoms with Crippen LogP contribution in [0.3, 0.4) is 0 Å². The quantitative estimate of drug-likeness (QED) is 0.812. The minimum Gasteiger partial charge on any atom is -0.334 e. The van der Waals surface area contributed by atoms with E-state index in [4.69, 9.17) is 8.92 Å². The molecule has 0 aliphatic carbocycles. The van der Waals surface area contributed by atoms with Crippen LogP contribution in [0.15, 0.2) is 30.3 Å². The van der Waals surface area contributed by atoms with Gasteiger partial charge in [-0.05, 0) is 12.0 Å².